The van der Waals surface area contributed by atoms with Gasteiger partial charge in [0.2, 0.25) is 5.91 Å². The third-order valence-electron chi connectivity index (χ3n) is 1.79. The number of rotatable bonds is 6. The average Bonchev–Trinajstić information content (AvgIpc) is 1.99. The molecule has 0 bridgehead atoms. The quantitative estimate of drug-likeness (QED) is 0.660. The van der Waals surface area contributed by atoms with Crippen molar-refractivity contribution >= 4 is 15.7 Å². The SMILES string of the molecule is CCC(N)CS(=O)(=O)CC(=O)NC(C)C. The van der Waals surface area contributed by atoms with Crippen molar-refractivity contribution in [2.45, 2.75) is 39.3 Å². The number of amides is 1. The molecule has 0 fully saturated rings. The molecule has 1 amide bonds. The minimum atomic E-state index is -3.37. The lowest BCUT2D eigenvalue weighted by atomic mass is 10.3. The molecule has 0 aliphatic carbocycles. The van der Waals surface area contributed by atoms with Crippen LogP contribution >= 0.6 is 0 Å². The lowest BCUT2D eigenvalue weighted by molar-refractivity contribution is -0.119. The standard InChI is InChI=1S/C9H20N2O3S/c1-4-8(10)5-15(13,14)6-9(12)11-7(2)3/h7-8H,4-6,10H2,1-3H3,(H,11,12). The van der Waals surface area contributed by atoms with Gasteiger partial charge in [0, 0.05) is 12.1 Å². The van der Waals surface area contributed by atoms with Crippen LogP contribution < -0.4 is 11.1 Å². The fourth-order valence-electron chi connectivity index (χ4n) is 1.07. The molecular weight excluding hydrogens is 216 g/mol. The summed E-state index contributed by atoms with van der Waals surface area (Å²) in [7, 11) is -3.37. The van der Waals surface area contributed by atoms with Crippen LogP contribution in [0.1, 0.15) is 27.2 Å². The van der Waals surface area contributed by atoms with Crippen LogP contribution in [0.15, 0.2) is 0 Å². The molecule has 0 saturated heterocycles. The summed E-state index contributed by atoms with van der Waals surface area (Å²) in [5.41, 5.74) is 5.53. The Bertz CT molecular complexity index is 298. The number of carbonyl (C=O) groups excluding carboxylic acids is 1. The van der Waals surface area contributed by atoms with Gasteiger partial charge in [0.1, 0.15) is 5.75 Å². The van der Waals surface area contributed by atoms with Crippen molar-refractivity contribution in [3.63, 3.8) is 0 Å². The Balaban J connectivity index is 4.20. The second kappa shape index (κ2) is 6.07. The summed E-state index contributed by atoms with van der Waals surface area (Å²) < 4.78 is 22.9. The molecule has 0 heterocycles. The summed E-state index contributed by atoms with van der Waals surface area (Å²) in [5.74, 6) is -1.07. The van der Waals surface area contributed by atoms with Gasteiger partial charge in [-0.1, -0.05) is 6.92 Å². The van der Waals surface area contributed by atoms with E-state index in [1.54, 1.807) is 13.8 Å². The zero-order chi connectivity index (χ0) is 12.1. The largest absolute Gasteiger partial charge is 0.353 e. The van der Waals surface area contributed by atoms with E-state index in [4.69, 9.17) is 5.73 Å². The van der Waals surface area contributed by atoms with E-state index in [2.05, 4.69) is 5.32 Å². The van der Waals surface area contributed by atoms with E-state index in [-0.39, 0.29) is 17.8 Å². The summed E-state index contributed by atoms with van der Waals surface area (Å²) in [6.07, 6.45) is 0.588. The number of nitrogens with two attached hydrogens (primary N) is 1. The normalized spacial score (nSPS) is 13.9. The highest BCUT2D eigenvalue weighted by molar-refractivity contribution is 7.92. The molecule has 3 N–H and O–H groups in total. The first-order valence-corrected chi connectivity index (χ1v) is 6.84. The highest BCUT2D eigenvalue weighted by atomic mass is 32.2. The van der Waals surface area contributed by atoms with E-state index in [1.807, 2.05) is 6.92 Å². The Morgan fingerprint density at radius 2 is 1.93 bits per heavy atom. The van der Waals surface area contributed by atoms with Crippen LogP contribution in [0.25, 0.3) is 0 Å². The lowest BCUT2D eigenvalue weighted by Gasteiger charge is -2.11. The van der Waals surface area contributed by atoms with Gasteiger partial charge in [-0.2, -0.15) is 0 Å². The predicted molar refractivity (Wildman–Crippen MR) is 60.2 cm³/mol. The van der Waals surface area contributed by atoms with Gasteiger partial charge in [-0.25, -0.2) is 8.42 Å². The lowest BCUT2D eigenvalue weighted by Crippen LogP contribution is -2.38. The Labute approximate surface area is 91.3 Å². The smallest absolute Gasteiger partial charge is 0.235 e. The van der Waals surface area contributed by atoms with Gasteiger partial charge in [0.25, 0.3) is 0 Å². The third-order valence-corrected chi connectivity index (χ3v) is 3.43. The van der Waals surface area contributed by atoms with Crippen LogP contribution in [0, 0.1) is 0 Å². The highest BCUT2D eigenvalue weighted by Gasteiger charge is 2.19. The summed E-state index contributed by atoms with van der Waals surface area (Å²) in [4.78, 5) is 11.2. The van der Waals surface area contributed by atoms with E-state index in [9.17, 15) is 13.2 Å². The zero-order valence-corrected chi connectivity index (χ0v) is 10.3. The second-order valence-corrected chi connectivity index (χ2v) is 6.05. The first-order valence-electron chi connectivity index (χ1n) is 5.02. The van der Waals surface area contributed by atoms with Gasteiger partial charge >= 0.3 is 0 Å². The number of carbonyl (C=O) groups is 1. The number of sulfone groups is 1. The fraction of sp³-hybridized carbons (Fsp3) is 0.889. The van der Waals surface area contributed by atoms with Crippen molar-refractivity contribution in [3.05, 3.63) is 0 Å². The van der Waals surface area contributed by atoms with Crippen LogP contribution in [0.2, 0.25) is 0 Å². The average molecular weight is 236 g/mol. The first kappa shape index (κ1) is 14.4. The second-order valence-electron chi connectivity index (χ2n) is 3.95. The maximum atomic E-state index is 11.5. The van der Waals surface area contributed by atoms with Crippen LogP contribution in [-0.4, -0.2) is 37.9 Å². The van der Waals surface area contributed by atoms with E-state index >= 15 is 0 Å². The Kier molecular flexibility index (Phi) is 5.82. The molecule has 0 spiro atoms. The summed E-state index contributed by atoms with van der Waals surface area (Å²) in [6.45, 7) is 5.37. The molecule has 0 aromatic heterocycles. The maximum Gasteiger partial charge on any atom is 0.235 e. The van der Waals surface area contributed by atoms with Gasteiger partial charge in [0.15, 0.2) is 9.84 Å². The van der Waals surface area contributed by atoms with E-state index in [0.717, 1.165) is 0 Å². The van der Waals surface area contributed by atoms with Gasteiger partial charge in [-0.15, -0.1) is 0 Å². The molecule has 0 aliphatic rings. The molecule has 15 heavy (non-hydrogen) atoms. The van der Waals surface area contributed by atoms with Crippen molar-refractivity contribution in [1.29, 1.82) is 0 Å². The van der Waals surface area contributed by atoms with E-state index in [0.29, 0.717) is 6.42 Å². The van der Waals surface area contributed by atoms with Crippen molar-refractivity contribution in [2.24, 2.45) is 5.73 Å². The van der Waals surface area contributed by atoms with Crippen molar-refractivity contribution in [1.82, 2.24) is 5.32 Å². The fourth-order valence-corrected chi connectivity index (χ4v) is 2.56. The Morgan fingerprint density at radius 1 is 1.40 bits per heavy atom. The number of hydrogen-bond donors (Lipinski definition) is 2. The summed E-state index contributed by atoms with van der Waals surface area (Å²) in [5, 5.41) is 2.53. The minimum Gasteiger partial charge on any atom is -0.353 e. The minimum absolute atomic E-state index is 0.0486. The van der Waals surface area contributed by atoms with Crippen LogP contribution in [-0.2, 0) is 14.6 Å². The summed E-state index contributed by atoms with van der Waals surface area (Å²) in [6, 6.07) is -0.436. The molecular formula is C9H20N2O3S. The van der Waals surface area contributed by atoms with E-state index in [1.165, 1.54) is 0 Å². The van der Waals surface area contributed by atoms with E-state index < -0.39 is 21.5 Å². The van der Waals surface area contributed by atoms with Gasteiger partial charge in [0.05, 0.1) is 5.75 Å². The number of hydrogen-bond acceptors (Lipinski definition) is 4. The molecule has 0 rings (SSSR count). The predicted octanol–water partition coefficient (Wildman–Crippen LogP) is -0.337. The first-order chi connectivity index (χ1) is 6.76. The topological polar surface area (TPSA) is 89.3 Å². The molecule has 0 radical (unpaired) electrons. The van der Waals surface area contributed by atoms with Gasteiger partial charge in [-0.05, 0) is 20.3 Å². The molecule has 0 saturated carbocycles. The monoisotopic (exact) mass is 236 g/mol. The van der Waals surface area contributed by atoms with Crippen LogP contribution in [0.3, 0.4) is 0 Å². The van der Waals surface area contributed by atoms with Gasteiger partial charge < -0.3 is 11.1 Å². The zero-order valence-electron chi connectivity index (χ0n) is 9.49. The molecule has 1 unspecified atom stereocenters. The molecule has 0 aromatic carbocycles. The van der Waals surface area contributed by atoms with Crippen molar-refractivity contribution < 1.29 is 13.2 Å². The number of nitrogens with one attached hydrogen (secondary N) is 1. The van der Waals surface area contributed by atoms with Gasteiger partial charge in [-0.3, -0.25) is 4.79 Å². The van der Waals surface area contributed by atoms with Crippen LogP contribution in [0.5, 0.6) is 0 Å². The molecule has 1 atom stereocenters. The highest BCUT2D eigenvalue weighted by Crippen LogP contribution is 1.97. The molecule has 6 heteroatoms. The Hall–Kier alpha value is -0.620. The molecule has 0 aromatic rings. The van der Waals surface area contributed by atoms with Crippen LogP contribution in [0.4, 0.5) is 0 Å². The van der Waals surface area contributed by atoms with Crippen molar-refractivity contribution in [3.8, 4) is 0 Å². The molecule has 0 aliphatic heterocycles. The summed E-state index contributed by atoms with van der Waals surface area (Å²) >= 11 is 0. The molecule has 90 valence electrons. The maximum absolute atomic E-state index is 11.5. The molecule has 5 nitrogen and oxygen atoms in total. The van der Waals surface area contributed by atoms with Crippen molar-refractivity contribution in [2.75, 3.05) is 11.5 Å². The Morgan fingerprint density at radius 3 is 2.33 bits per heavy atom. The third kappa shape index (κ3) is 7.33.